The molecule has 0 saturated heterocycles. The van der Waals surface area contributed by atoms with Crippen LogP contribution in [0.2, 0.25) is 0 Å². The number of nitrogens with two attached hydrogens (primary N) is 1. The topological polar surface area (TPSA) is 44.5 Å². The van der Waals surface area contributed by atoms with Crippen LogP contribution in [0.3, 0.4) is 0 Å². The van der Waals surface area contributed by atoms with Crippen molar-refractivity contribution in [3.63, 3.8) is 0 Å². The molecule has 104 valence electrons. The smallest absolute Gasteiger partial charge is 0.161 e. The summed E-state index contributed by atoms with van der Waals surface area (Å²) in [7, 11) is 0. The average molecular weight is 274 g/mol. The van der Waals surface area contributed by atoms with Gasteiger partial charge in [-0.1, -0.05) is 19.9 Å². The molecule has 0 aliphatic heterocycles. The largest absolute Gasteiger partial charge is 0.490 e. The van der Waals surface area contributed by atoms with Crippen LogP contribution in [0.4, 0.5) is 0 Å². The third kappa shape index (κ3) is 5.61. The lowest BCUT2D eigenvalue weighted by molar-refractivity contribution is 0.268. The Morgan fingerprint density at radius 1 is 1.00 bits per heavy atom. The summed E-state index contributed by atoms with van der Waals surface area (Å²) in [6.07, 6.45) is 2.86. The minimum absolute atomic E-state index is 0. The van der Waals surface area contributed by atoms with Gasteiger partial charge in [-0.05, 0) is 43.5 Å². The van der Waals surface area contributed by atoms with Gasteiger partial charge in [0.1, 0.15) is 0 Å². The number of halogens is 1. The molecule has 4 heteroatoms. The summed E-state index contributed by atoms with van der Waals surface area (Å²) in [6.45, 7) is 6.28. The fourth-order valence-corrected chi connectivity index (χ4v) is 1.53. The van der Waals surface area contributed by atoms with Gasteiger partial charge in [0.25, 0.3) is 0 Å². The molecule has 0 radical (unpaired) electrons. The lowest BCUT2D eigenvalue weighted by atomic mass is 10.1. The van der Waals surface area contributed by atoms with Crippen molar-refractivity contribution in [3.8, 4) is 11.5 Å². The summed E-state index contributed by atoms with van der Waals surface area (Å²) >= 11 is 0. The van der Waals surface area contributed by atoms with Crippen LogP contribution in [0, 0.1) is 0 Å². The molecule has 1 aromatic carbocycles. The Balaban J connectivity index is 0.00000289. The molecule has 2 N–H and O–H groups in total. The highest BCUT2D eigenvalue weighted by molar-refractivity contribution is 5.85. The maximum atomic E-state index is 5.70. The van der Waals surface area contributed by atoms with E-state index in [4.69, 9.17) is 15.2 Å². The van der Waals surface area contributed by atoms with Crippen molar-refractivity contribution in [2.75, 3.05) is 19.8 Å². The molecule has 0 unspecified atom stereocenters. The second kappa shape index (κ2) is 10.0. The van der Waals surface area contributed by atoms with E-state index < -0.39 is 0 Å². The van der Waals surface area contributed by atoms with Gasteiger partial charge in [0, 0.05) is 0 Å². The Morgan fingerprint density at radius 2 is 1.61 bits per heavy atom. The zero-order chi connectivity index (χ0) is 12.5. The zero-order valence-corrected chi connectivity index (χ0v) is 12.1. The lowest BCUT2D eigenvalue weighted by Gasteiger charge is -2.13. The maximum absolute atomic E-state index is 5.70. The van der Waals surface area contributed by atoms with Gasteiger partial charge in [0.2, 0.25) is 0 Å². The molecule has 0 amide bonds. The van der Waals surface area contributed by atoms with Crippen LogP contribution >= 0.6 is 12.4 Å². The Morgan fingerprint density at radius 3 is 2.17 bits per heavy atom. The molecule has 3 nitrogen and oxygen atoms in total. The van der Waals surface area contributed by atoms with Crippen molar-refractivity contribution in [3.05, 3.63) is 23.8 Å². The van der Waals surface area contributed by atoms with Gasteiger partial charge in [-0.3, -0.25) is 0 Å². The van der Waals surface area contributed by atoms with Gasteiger partial charge < -0.3 is 15.2 Å². The van der Waals surface area contributed by atoms with Crippen LogP contribution in [0.15, 0.2) is 18.2 Å². The number of hydrogen-bond donors (Lipinski definition) is 1. The lowest BCUT2D eigenvalue weighted by Crippen LogP contribution is -2.05. The number of benzene rings is 1. The Hall–Kier alpha value is -0.930. The van der Waals surface area contributed by atoms with Gasteiger partial charge in [0.05, 0.1) is 13.2 Å². The third-order valence-electron chi connectivity index (χ3n) is 2.36. The predicted octanol–water partition coefficient (Wildman–Crippen LogP) is 3.19. The first kappa shape index (κ1) is 17.1. The van der Waals surface area contributed by atoms with E-state index in [2.05, 4.69) is 19.9 Å². The average Bonchev–Trinajstić information content (AvgIpc) is 2.35. The molecule has 0 bridgehead atoms. The highest BCUT2D eigenvalue weighted by Crippen LogP contribution is 2.28. The zero-order valence-electron chi connectivity index (χ0n) is 11.3. The molecule has 0 heterocycles. The van der Waals surface area contributed by atoms with Gasteiger partial charge in [-0.25, -0.2) is 0 Å². The maximum Gasteiger partial charge on any atom is 0.161 e. The molecule has 0 saturated carbocycles. The first-order valence-corrected chi connectivity index (χ1v) is 6.40. The second-order valence-electron chi connectivity index (χ2n) is 4.02. The predicted molar refractivity (Wildman–Crippen MR) is 78.0 cm³/mol. The quantitative estimate of drug-likeness (QED) is 0.791. The first-order chi connectivity index (χ1) is 8.31. The Labute approximate surface area is 116 Å². The summed E-state index contributed by atoms with van der Waals surface area (Å²) in [5.74, 6) is 1.67. The third-order valence-corrected chi connectivity index (χ3v) is 2.36. The summed E-state index contributed by atoms with van der Waals surface area (Å²) in [5, 5.41) is 0. The molecule has 0 aliphatic carbocycles. The Kier molecular flexibility index (Phi) is 9.52. The molecule has 0 aromatic heterocycles. The first-order valence-electron chi connectivity index (χ1n) is 6.40. The summed E-state index contributed by atoms with van der Waals surface area (Å²) in [5.41, 5.74) is 6.75. The SMILES string of the molecule is CCCOc1ccc(CCN)cc1OCCC.Cl. The van der Waals surface area contributed by atoms with Crippen molar-refractivity contribution in [1.29, 1.82) is 0 Å². The van der Waals surface area contributed by atoms with Crippen LogP contribution < -0.4 is 15.2 Å². The number of hydrogen-bond acceptors (Lipinski definition) is 3. The van der Waals surface area contributed by atoms with Gasteiger partial charge >= 0.3 is 0 Å². The molecule has 18 heavy (non-hydrogen) atoms. The van der Waals surface area contributed by atoms with Crippen LogP contribution in [-0.2, 0) is 6.42 Å². The van der Waals surface area contributed by atoms with Crippen molar-refractivity contribution in [1.82, 2.24) is 0 Å². The van der Waals surface area contributed by atoms with E-state index in [9.17, 15) is 0 Å². The minimum Gasteiger partial charge on any atom is -0.490 e. The molecular formula is C14H24ClNO2. The van der Waals surface area contributed by atoms with Gasteiger partial charge in [-0.15, -0.1) is 12.4 Å². The van der Waals surface area contributed by atoms with Crippen molar-refractivity contribution in [2.45, 2.75) is 33.1 Å². The summed E-state index contributed by atoms with van der Waals surface area (Å²) < 4.78 is 11.4. The molecule has 0 aliphatic rings. The molecule has 1 rings (SSSR count). The van der Waals surface area contributed by atoms with E-state index in [1.165, 1.54) is 5.56 Å². The van der Waals surface area contributed by atoms with E-state index in [0.717, 1.165) is 37.4 Å². The summed E-state index contributed by atoms with van der Waals surface area (Å²) in [6, 6.07) is 6.07. The van der Waals surface area contributed by atoms with E-state index in [-0.39, 0.29) is 12.4 Å². The fourth-order valence-electron chi connectivity index (χ4n) is 1.53. The highest BCUT2D eigenvalue weighted by Gasteiger charge is 2.06. The molecule has 1 aromatic rings. The highest BCUT2D eigenvalue weighted by atomic mass is 35.5. The van der Waals surface area contributed by atoms with Gasteiger partial charge in [0.15, 0.2) is 11.5 Å². The number of ether oxygens (including phenoxy) is 2. The van der Waals surface area contributed by atoms with E-state index in [1.807, 2.05) is 12.1 Å². The fraction of sp³-hybridized carbons (Fsp3) is 0.571. The van der Waals surface area contributed by atoms with Crippen LogP contribution in [-0.4, -0.2) is 19.8 Å². The normalized spacial score (nSPS) is 9.72. The monoisotopic (exact) mass is 273 g/mol. The van der Waals surface area contributed by atoms with Crippen LogP contribution in [0.1, 0.15) is 32.3 Å². The van der Waals surface area contributed by atoms with E-state index in [0.29, 0.717) is 13.2 Å². The van der Waals surface area contributed by atoms with Crippen molar-refractivity contribution >= 4 is 12.4 Å². The molecule has 0 atom stereocenters. The van der Waals surface area contributed by atoms with Crippen molar-refractivity contribution < 1.29 is 9.47 Å². The van der Waals surface area contributed by atoms with Crippen molar-refractivity contribution in [2.24, 2.45) is 5.73 Å². The number of rotatable bonds is 8. The minimum atomic E-state index is 0. The van der Waals surface area contributed by atoms with E-state index >= 15 is 0 Å². The molecule has 0 spiro atoms. The van der Waals surface area contributed by atoms with Crippen LogP contribution in [0.5, 0.6) is 11.5 Å². The second-order valence-corrected chi connectivity index (χ2v) is 4.02. The summed E-state index contributed by atoms with van der Waals surface area (Å²) in [4.78, 5) is 0. The van der Waals surface area contributed by atoms with E-state index in [1.54, 1.807) is 0 Å². The van der Waals surface area contributed by atoms with Crippen LogP contribution in [0.25, 0.3) is 0 Å². The Bertz CT molecular complexity index is 332. The standard InChI is InChI=1S/C14H23NO2.ClH/c1-3-9-16-13-6-5-12(7-8-15)11-14(13)17-10-4-2;/h5-6,11H,3-4,7-10,15H2,1-2H3;1H. The molecule has 0 fully saturated rings. The van der Waals surface area contributed by atoms with Gasteiger partial charge in [-0.2, -0.15) is 0 Å². The molecular weight excluding hydrogens is 250 g/mol.